The minimum atomic E-state index is -1.54. The second-order valence-corrected chi connectivity index (χ2v) is 9.22. The number of imide groups is 1. The Hall–Kier alpha value is -4.33. The zero-order chi connectivity index (χ0) is 26.8. The summed E-state index contributed by atoms with van der Waals surface area (Å²) >= 11 is 11.9. The monoisotopic (exact) mass is 545 g/mol. The molecule has 0 fully saturated rings. The summed E-state index contributed by atoms with van der Waals surface area (Å²) in [6, 6.07) is 24.6. The van der Waals surface area contributed by atoms with Gasteiger partial charge in [-0.15, -0.1) is 0 Å². The molecule has 4 aromatic rings. The number of halogens is 3. The van der Waals surface area contributed by atoms with E-state index >= 15 is 0 Å². The van der Waals surface area contributed by atoms with Crippen LogP contribution in [-0.4, -0.2) is 29.6 Å². The number of amides is 3. The van der Waals surface area contributed by atoms with Crippen molar-refractivity contribution in [3.63, 3.8) is 0 Å². The number of benzene rings is 4. The van der Waals surface area contributed by atoms with E-state index in [1.807, 2.05) is 0 Å². The Labute approximate surface area is 227 Å². The molecule has 1 aliphatic heterocycles. The Balaban J connectivity index is 1.66. The first kappa shape index (κ1) is 25.3. The SMILES string of the molecule is O=C(N[C@H]1N=C(c2ccccc2F)c2ccccc2N(C(=O)c2ccc(Cl)cc2)C1=O)c1ccc(Cl)cc1. The Kier molecular flexibility index (Phi) is 7.05. The Morgan fingerprint density at radius 2 is 1.32 bits per heavy atom. The summed E-state index contributed by atoms with van der Waals surface area (Å²) in [5.41, 5.74) is 1.18. The van der Waals surface area contributed by atoms with Gasteiger partial charge in [0.05, 0.1) is 11.4 Å². The molecule has 0 saturated heterocycles. The molecule has 9 heteroatoms. The third kappa shape index (κ3) is 4.94. The number of benzodiazepines with no additional fused rings is 1. The van der Waals surface area contributed by atoms with Gasteiger partial charge in [-0.1, -0.05) is 53.5 Å². The number of nitrogens with zero attached hydrogens (tertiary/aromatic N) is 2. The first-order chi connectivity index (χ1) is 18.3. The first-order valence-corrected chi connectivity index (χ1v) is 12.2. The largest absolute Gasteiger partial charge is 0.322 e. The maximum Gasteiger partial charge on any atom is 0.279 e. The fraction of sp³-hybridized carbons (Fsp3) is 0.0345. The van der Waals surface area contributed by atoms with Crippen LogP contribution in [0.15, 0.2) is 102 Å². The van der Waals surface area contributed by atoms with Crippen molar-refractivity contribution in [3.8, 4) is 0 Å². The smallest absolute Gasteiger partial charge is 0.279 e. The van der Waals surface area contributed by atoms with E-state index in [4.69, 9.17) is 23.2 Å². The second kappa shape index (κ2) is 10.6. The van der Waals surface area contributed by atoms with Gasteiger partial charge in [-0.25, -0.2) is 14.3 Å². The van der Waals surface area contributed by atoms with Crippen LogP contribution >= 0.6 is 23.2 Å². The molecule has 4 aromatic carbocycles. The fourth-order valence-corrected chi connectivity index (χ4v) is 4.32. The van der Waals surface area contributed by atoms with Gasteiger partial charge in [0.15, 0.2) is 0 Å². The van der Waals surface area contributed by atoms with Crippen molar-refractivity contribution in [2.75, 3.05) is 4.90 Å². The number of aliphatic imine (C=N–C) groups is 1. The summed E-state index contributed by atoms with van der Waals surface area (Å²) in [6.07, 6.45) is -1.54. The molecule has 1 atom stereocenters. The number of hydrogen-bond donors (Lipinski definition) is 1. The number of fused-ring (bicyclic) bond motifs is 1. The molecular weight excluding hydrogens is 528 g/mol. The van der Waals surface area contributed by atoms with E-state index in [1.165, 1.54) is 66.7 Å². The average molecular weight is 546 g/mol. The maximum absolute atomic E-state index is 15.0. The molecule has 0 aromatic heterocycles. The van der Waals surface area contributed by atoms with Crippen molar-refractivity contribution in [3.05, 3.63) is 135 Å². The summed E-state index contributed by atoms with van der Waals surface area (Å²) in [5.74, 6) is -2.67. The van der Waals surface area contributed by atoms with Gasteiger partial charge in [0.1, 0.15) is 5.82 Å². The van der Waals surface area contributed by atoms with Gasteiger partial charge in [0, 0.05) is 32.3 Å². The molecule has 6 nitrogen and oxygen atoms in total. The van der Waals surface area contributed by atoms with E-state index in [-0.39, 0.29) is 28.1 Å². The van der Waals surface area contributed by atoms with Gasteiger partial charge in [-0.3, -0.25) is 14.4 Å². The van der Waals surface area contributed by atoms with E-state index in [9.17, 15) is 18.8 Å². The van der Waals surface area contributed by atoms with E-state index in [0.717, 1.165) is 4.90 Å². The van der Waals surface area contributed by atoms with Crippen LogP contribution in [0.2, 0.25) is 10.0 Å². The Morgan fingerprint density at radius 3 is 1.95 bits per heavy atom. The van der Waals surface area contributed by atoms with Crippen molar-refractivity contribution in [1.29, 1.82) is 0 Å². The van der Waals surface area contributed by atoms with E-state index in [1.54, 1.807) is 30.3 Å². The first-order valence-electron chi connectivity index (χ1n) is 11.5. The fourth-order valence-electron chi connectivity index (χ4n) is 4.07. The van der Waals surface area contributed by atoms with Crippen LogP contribution in [-0.2, 0) is 4.79 Å². The lowest BCUT2D eigenvalue weighted by molar-refractivity contribution is -0.119. The van der Waals surface area contributed by atoms with Crippen LogP contribution in [0.3, 0.4) is 0 Å². The van der Waals surface area contributed by atoms with Crippen LogP contribution in [0, 0.1) is 5.82 Å². The minimum absolute atomic E-state index is 0.110. The average Bonchev–Trinajstić information content (AvgIpc) is 3.04. The minimum Gasteiger partial charge on any atom is -0.322 e. The van der Waals surface area contributed by atoms with Gasteiger partial charge in [0.25, 0.3) is 17.7 Å². The summed E-state index contributed by atoms with van der Waals surface area (Å²) < 4.78 is 15.0. The van der Waals surface area contributed by atoms with Gasteiger partial charge >= 0.3 is 0 Å². The molecule has 0 saturated carbocycles. The standard InChI is InChI=1S/C29H18Cl2FN3O3/c30-19-13-9-17(10-14-19)27(36)34-26-29(38)35(28(37)18-11-15-20(31)16-12-18)24-8-4-2-6-22(24)25(33-26)21-5-1-3-7-23(21)32/h1-16,26H,(H,34,36)/t26-/m1/s1. The highest BCUT2D eigenvalue weighted by Crippen LogP contribution is 2.30. The zero-order valence-electron chi connectivity index (χ0n) is 19.6. The molecule has 3 amide bonds. The van der Waals surface area contributed by atoms with Crippen molar-refractivity contribution in [2.24, 2.45) is 4.99 Å². The van der Waals surface area contributed by atoms with Gasteiger partial charge < -0.3 is 5.32 Å². The van der Waals surface area contributed by atoms with E-state index in [2.05, 4.69) is 10.3 Å². The third-order valence-electron chi connectivity index (χ3n) is 5.91. The summed E-state index contributed by atoms with van der Waals surface area (Å²) in [4.78, 5) is 46.1. The van der Waals surface area contributed by atoms with Gasteiger partial charge in [-0.05, 0) is 66.7 Å². The van der Waals surface area contributed by atoms with E-state index in [0.29, 0.717) is 15.6 Å². The lowest BCUT2D eigenvalue weighted by atomic mass is 9.99. The molecule has 1 heterocycles. The molecule has 1 aliphatic rings. The lowest BCUT2D eigenvalue weighted by Gasteiger charge is -2.24. The number of rotatable bonds is 4. The zero-order valence-corrected chi connectivity index (χ0v) is 21.1. The van der Waals surface area contributed by atoms with Crippen LogP contribution in [0.1, 0.15) is 31.8 Å². The van der Waals surface area contributed by atoms with Crippen molar-refractivity contribution >= 4 is 52.3 Å². The highest BCUT2D eigenvalue weighted by atomic mass is 35.5. The predicted molar refractivity (Wildman–Crippen MR) is 144 cm³/mol. The van der Waals surface area contributed by atoms with Crippen LogP contribution in [0.5, 0.6) is 0 Å². The Morgan fingerprint density at radius 1 is 0.763 bits per heavy atom. The molecule has 5 rings (SSSR count). The van der Waals surface area contributed by atoms with Gasteiger partial charge in [-0.2, -0.15) is 0 Å². The number of anilines is 1. The number of hydrogen-bond acceptors (Lipinski definition) is 4. The van der Waals surface area contributed by atoms with Crippen LogP contribution in [0.4, 0.5) is 10.1 Å². The number of nitrogens with one attached hydrogen (secondary N) is 1. The lowest BCUT2D eigenvalue weighted by Crippen LogP contribution is -2.49. The summed E-state index contributed by atoms with van der Waals surface area (Å²) in [7, 11) is 0. The van der Waals surface area contributed by atoms with Crippen molar-refractivity contribution in [1.82, 2.24) is 5.32 Å². The van der Waals surface area contributed by atoms with Gasteiger partial charge in [0.2, 0.25) is 6.17 Å². The summed E-state index contributed by atoms with van der Waals surface area (Å²) in [6.45, 7) is 0. The maximum atomic E-state index is 15.0. The van der Waals surface area contributed by atoms with Crippen LogP contribution < -0.4 is 10.2 Å². The molecule has 0 bridgehead atoms. The summed E-state index contributed by atoms with van der Waals surface area (Å²) in [5, 5.41) is 3.44. The normalized spacial score (nSPS) is 14.8. The molecule has 0 radical (unpaired) electrons. The highest BCUT2D eigenvalue weighted by Gasteiger charge is 2.37. The quantitative estimate of drug-likeness (QED) is 0.323. The number of carbonyl (C=O) groups is 3. The van der Waals surface area contributed by atoms with Crippen LogP contribution in [0.25, 0.3) is 0 Å². The highest BCUT2D eigenvalue weighted by molar-refractivity contribution is 6.32. The third-order valence-corrected chi connectivity index (χ3v) is 6.41. The second-order valence-electron chi connectivity index (χ2n) is 8.34. The van der Waals surface area contributed by atoms with Crippen molar-refractivity contribution in [2.45, 2.75) is 6.17 Å². The topological polar surface area (TPSA) is 78.8 Å². The molecular formula is C29H18Cl2FN3O3. The number of carbonyl (C=O) groups excluding carboxylic acids is 3. The predicted octanol–water partition coefficient (Wildman–Crippen LogP) is 5.91. The molecule has 1 N–H and O–H groups in total. The van der Waals surface area contributed by atoms with E-state index < -0.39 is 29.7 Å². The van der Waals surface area contributed by atoms with Crippen molar-refractivity contribution < 1.29 is 18.8 Å². The molecule has 38 heavy (non-hydrogen) atoms. The number of para-hydroxylation sites is 1. The Bertz CT molecular complexity index is 1590. The molecule has 0 unspecified atom stereocenters. The molecule has 0 aliphatic carbocycles. The molecule has 0 spiro atoms. The molecule has 188 valence electrons.